The first-order valence-electron chi connectivity index (χ1n) is 4.82. The van der Waals surface area contributed by atoms with Crippen LogP contribution in [0.1, 0.15) is 6.42 Å². The summed E-state index contributed by atoms with van der Waals surface area (Å²) < 4.78 is 14.7. The minimum absolute atomic E-state index is 0.250. The Kier molecular flexibility index (Phi) is 9.40. The standard InChI is InChI=1S/C9H19NO5/c1-13-5-6-14-3-2-4-15-9(12)8(10)7-11/h8,11H,2-7,10H2,1H3/t8-/m0/s1. The van der Waals surface area contributed by atoms with E-state index in [9.17, 15) is 4.79 Å². The Balaban J connectivity index is 3.20. The van der Waals surface area contributed by atoms with Crippen molar-refractivity contribution in [1.82, 2.24) is 0 Å². The highest BCUT2D eigenvalue weighted by atomic mass is 16.5. The van der Waals surface area contributed by atoms with Crippen LogP contribution >= 0.6 is 0 Å². The molecule has 0 unspecified atom stereocenters. The predicted octanol–water partition coefficient (Wildman–Crippen LogP) is -1.10. The maximum atomic E-state index is 10.9. The summed E-state index contributed by atoms with van der Waals surface area (Å²) in [5, 5.41) is 8.54. The van der Waals surface area contributed by atoms with Crippen molar-refractivity contribution in [2.75, 3.05) is 40.1 Å². The minimum atomic E-state index is -0.945. The third-order valence-corrected chi connectivity index (χ3v) is 1.61. The molecule has 0 heterocycles. The molecule has 90 valence electrons. The molecule has 0 rings (SSSR count). The number of ether oxygens (including phenoxy) is 3. The molecule has 3 N–H and O–H groups in total. The van der Waals surface area contributed by atoms with Crippen LogP contribution in [0.3, 0.4) is 0 Å². The molecule has 0 saturated carbocycles. The first-order valence-corrected chi connectivity index (χ1v) is 4.82. The molecule has 1 atom stereocenters. The largest absolute Gasteiger partial charge is 0.464 e. The molecule has 0 aromatic heterocycles. The third-order valence-electron chi connectivity index (χ3n) is 1.61. The lowest BCUT2D eigenvalue weighted by molar-refractivity contribution is -0.146. The van der Waals surface area contributed by atoms with E-state index >= 15 is 0 Å². The van der Waals surface area contributed by atoms with E-state index in [4.69, 9.17) is 25.1 Å². The van der Waals surface area contributed by atoms with Gasteiger partial charge >= 0.3 is 5.97 Å². The van der Waals surface area contributed by atoms with Gasteiger partial charge in [0.1, 0.15) is 6.04 Å². The Morgan fingerprint density at radius 1 is 1.33 bits per heavy atom. The van der Waals surface area contributed by atoms with E-state index in [1.54, 1.807) is 7.11 Å². The zero-order chi connectivity index (χ0) is 11.5. The van der Waals surface area contributed by atoms with Gasteiger partial charge in [-0.25, -0.2) is 0 Å². The highest BCUT2D eigenvalue weighted by Gasteiger charge is 2.12. The van der Waals surface area contributed by atoms with Gasteiger partial charge < -0.3 is 25.1 Å². The van der Waals surface area contributed by atoms with Crippen LogP contribution in [0.4, 0.5) is 0 Å². The third kappa shape index (κ3) is 8.31. The number of esters is 1. The second-order valence-electron chi connectivity index (χ2n) is 2.92. The molecule has 0 aromatic rings. The summed E-state index contributed by atoms with van der Waals surface area (Å²) >= 11 is 0. The van der Waals surface area contributed by atoms with E-state index in [1.165, 1.54) is 0 Å². The van der Waals surface area contributed by atoms with E-state index in [2.05, 4.69) is 0 Å². The summed E-state index contributed by atoms with van der Waals surface area (Å²) in [6.45, 7) is 1.43. The van der Waals surface area contributed by atoms with Crippen LogP contribution in [0.2, 0.25) is 0 Å². The zero-order valence-electron chi connectivity index (χ0n) is 8.98. The molecule has 0 aromatic carbocycles. The number of methoxy groups -OCH3 is 1. The minimum Gasteiger partial charge on any atom is -0.464 e. The monoisotopic (exact) mass is 221 g/mol. The topological polar surface area (TPSA) is 91.0 Å². The van der Waals surface area contributed by atoms with Crippen LogP contribution in [-0.2, 0) is 19.0 Å². The Hall–Kier alpha value is -0.690. The molecule has 0 aliphatic heterocycles. The lowest BCUT2D eigenvalue weighted by atomic mass is 10.3. The molecule has 6 heteroatoms. The van der Waals surface area contributed by atoms with Crippen LogP contribution in [0.5, 0.6) is 0 Å². The number of hydrogen-bond acceptors (Lipinski definition) is 6. The van der Waals surface area contributed by atoms with Crippen molar-refractivity contribution < 1.29 is 24.1 Å². The van der Waals surface area contributed by atoms with Crippen molar-refractivity contribution >= 4 is 5.97 Å². The molecule has 6 nitrogen and oxygen atoms in total. The molecule has 0 radical (unpaired) electrons. The molecular weight excluding hydrogens is 202 g/mol. The van der Waals surface area contributed by atoms with Gasteiger partial charge in [-0.2, -0.15) is 0 Å². The van der Waals surface area contributed by atoms with Crippen molar-refractivity contribution in [1.29, 1.82) is 0 Å². The van der Waals surface area contributed by atoms with E-state index in [1.807, 2.05) is 0 Å². The number of rotatable bonds is 9. The van der Waals surface area contributed by atoms with Crippen LogP contribution in [0.15, 0.2) is 0 Å². The second kappa shape index (κ2) is 9.85. The first kappa shape index (κ1) is 14.3. The highest BCUT2D eigenvalue weighted by Crippen LogP contribution is 1.89. The van der Waals surface area contributed by atoms with Crippen LogP contribution < -0.4 is 5.73 Å². The van der Waals surface area contributed by atoms with Crippen molar-refractivity contribution in [3.05, 3.63) is 0 Å². The van der Waals surface area contributed by atoms with Gasteiger partial charge in [0.2, 0.25) is 0 Å². The van der Waals surface area contributed by atoms with Gasteiger partial charge in [0.15, 0.2) is 0 Å². The van der Waals surface area contributed by atoms with Crippen molar-refractivity contribution in [2.45, 2.75) is 12.5 Å². The summed E-state index contributed by atoms with van der Waals surface area (Å²) in [4.78, 5) is 10.9. The quantitative estimate of drug-likeness (QED) is 0.379. The molecule has 0 spiro atoms. The average Bonchev–Trinajstić information content (AvgIpc) is 2.26. The van der Waals surface area contributed by atoms with Gasteiger partial charge in [-0.1, -0.05) is 0 Å². The summed E-state index contributed by atoms with van der Waals surface area (Å²) in [6.07, 6.45) is 0.605. The lowest BCUT2D eigenvalue weighted by Crippen LogP contribution is -2.35. The summed E-state index contributed by atoms with van der Waals surface area (Å²) in [7, 11) is 1.60. The van der Waals surface area contributed by atoms with Crippen LogP contribution in [-0.4, -0.2) is 57.3 Å². The number of carbonyl (C=O) groups excluding carboxylic acids is 1. The summed E-state index contributed by atoms with van der Waals surface area (Å²) in [5.41, 5.74) is 5.22. The Bertz CT molecular complexity index is 165. The van der Waals surface area contributed by atoms with E-state index < -0.39 is 18.6 Å². The number of aliphatic hydroxyl groups excluding tert-OH is 1. The highest BCUT2D eigenvalue weighted by molar-refractivity contribution is 5.75. The van der Waals surface area contributed by atoms with Gasteiger partial charge in [-0.3, -0.25) is 4.79 Å². The second-order valence-corrected chi connectivity index (χ2v) is 2.92. The van der Waals surface area contributed by atoms with Crippen molar-refractivity contribution in [2.24, 2.45) is 5.73 Å². The number of hydrogen-bond donors (Lipinski definition) is 2. The fourth-order valence-corrected chi connectivity index (χ4v) is 0.760. The van der Waals surface area contributed by atoms with E-state index in [0.717, 1.165) is 0 Å². The van der Waals surface area contributed by atoms with Gasteiger partial charge in [-0.05, 0) is 0 Å². The van der Waals surface area contributed by atoms with E-state index in [-0.39, 0.29) is 6.61 Å². The first-order chi connectivity index (χ1) is 7.22. The predicted molar refractivity (Wildman–Crippen MR) is 53.3 cm³/mol. The lowest BCUT2D eigenvalue weighted by Gasteiger charge is -2.08. The van der Waals surface area contributed by atoms with Crippen LogP contribution in [0, 0.1) is 0 Å². The molecule has 0 fully saturated rings. The molecule has 15 heavy (non-hydrogen) atoms. The molecule has 0 amide bonds. The SMILES string of the molecule is COCCOCCCOC(=O)[C@@H](N)CO. The zero-order valence-corrected chi connectivity index (χ0v) is 8.98. The molecule has 0 saturated heterocycles. The van der Waals surface area contributed by atoms with Gasteiger partial charge in [-0.15, -0.1) is 0 Å². The molecule has 0 aliphatic carbocycles. The van der Waals surface area contributed by atoms with Crippen LogP contribution in [0.25, 0.3) is 0 Å². The van der Waals surface area contributed by atoms with Gasteiger partial charge in [0.05, 0.1) is 26.4 Å². The maximum absolute atomic E-state index is 10.9. The summed E-state index contributed by atoms with van der Waals surface area (Å²) in [5.74, 6) is -0.589. The Morgan fingerprint density at radius 2 is 2.07 bits per heavy atom. The molecular formula is C9H19NO5. The summed E-state index contributed by atoms with van der Waals surface area (Å²) in [6, 6.07) is -0.945. The smallest absolute Gasteiger partial charge is 0.325 e. The van der Waals surface area contributed by atoms with E-state index in [0.29, 0.717) is 26.2 Å². The van der Waals surface area contributed by atoms with Gasteiger partial charge in [0, 0.05) is 20.1 Å². The number of aliphatic hydroxyl groups is 1. The fraction of sp³-hybridized carbons (Fsp3) is 0.889. The van der Waals surface area contributed by atoms with Crippen molar-refractivity contribution in [3.8, 4) is 0 Å². The van der Waals surface area contributed by atoms with Gasteiger partial charge in [0.25, 0.3) is 0 Å². The fourth-order valence-electron chi connectivity index (χ4n) is 0.760. The van der Waals surface area contributed by atoms with Crippen molar-refractivity contribution in [3.63, 3.8) is 0 Å². The maximum Gasteiger partial charge on any atom is 0.325 e. The number of carbonyl (C=O) groups is 1. The normalized spacial score (nSPS) is 12.5. The molecule has 0 aliphatic rings. The number of nitrogens with two attached hydrogens (primary N) is 1. The Morgan fingerprint density at radius 3 is 2.67 bits per heavy atom. The Labute approximate surface area is 89.3 Å². The average molecular weight is 221 g/mol. The molecule has 0 bridgehead atoms.